The lowest BCUT2D eigenvalue weighted by Gasteiger charge is -2.22. The molecule has 0 aliphatic carbocycles. The summed E-state index contributed by atoms with van der Waals surface area (Å²) in [6, 6.07) is 0. The van der Waals surface area contributed by atoms with Crippen LogP contribution in [0.25, 0.3) is 0 Å². The second-order valence-electron chi connectivity index (χ2n) is 1.57. The molecule has 1 aliphatic heterocycles. The molecule has 6 heavy (non-hydrogen) atoms. The maximum absolute atomic E-state index is 5.02. The zero-order valence-corrected chi connectivity index (χ0v) is 3.81. The minimum absolute atomic E-state index is 0.505. The van der Waals surface area contributed by atoms with E-state index in [1.807, 2.05) is 0 Å². The Labute approximate surface area is 37.3 Å². The van der Waals surface area contributed by atoms with Gasteiger partial charge in [-0.2, -0.15) is 0 Å². The van der Waals surface area contributed by atoms with Gasteiger partial charge < -0.3 is 10.5 Å². The fourth-order valence-corrected chi connectivity index (χ4v) is 0.512. The Kier molecular flexibility index (Phi) is 1.08. The number of rotatable bonds is 1. The molecule has 0 spiro atoms. The van der Waals surface area contributed by atoms with Crippen LogP contribution in [-0.4, -0.2) is 19.3 Å². The van der Waals surface area contributed by atoms with Crippen LogP contribution in [0.15, 0.2) is 0 Å². The van der Waals surface area contributed by atoms with Crippen molar-refractivity contribution in [3.8, 4) is 0 Å². The van der Waals surface area contributed by atoms with Crippen LogP contribution >= 0.6 is 0 Å². The van der Waals surface area contributed by atoms with Gasteiger partial charge in [-0.25, -0.2) is 0 Å². The zero-order chi connectivity index (χ0) is 4.41. The van der Waals surface area contributed by atoms with Crippen LogP contribution in [0.4, 0.5) is 0 Å². The maximum Gasteiger partial charge on any atom is 0.108 e. The van der Waals surface area contributed by atoms with Gasteiger partial charge in [0.1, 0.15) is 12.6 Å². The van der Waals surface area contributed by atoms with E-state index in [1.54, 1.807) is 0 Å². The molecule has 2 heteroatoms. The molecule has 1 fully saturated rings. The Hall–Kier alpha value is -0.0800. The summed E-state index contributed by atoms with van der Waals surface area (Å²) in [5, 5.41) is 0. The SMILES string of the molecule is [NH3+]C[C@H]1CCO1. The van der Waals surface area contributed by atoms with Crippen molar-refractivity contribution in [1.29, 1.82) is 0 Å². The second-order valence-corrected chi connectivity index (χ2v) is 1.57. The third-order valence-corrected chi connectivity index (χ3v) is 1.12. The topological polar surface area (TPSA) is 36.9 Å². The van der Waals surface area contributed by atoms with Gasteiger partial charge in [-0.05, 0) is 0 Å². The molecule has 0 aromatic heterocycles. The molecular formula is C4H10NO+. The number of quaternary nitrogens is 1. The van der Waals surface area contributed by atoms with Crippen molar-refractivity contribution in [1.82, 2.24) is 0 Å². The van der Waals surface area contributed by atoms with E-state index >= 15 is 0 Å². The van der Waals surface area contributed by atoms with E-state index in [0.29, 0.717) is 6.10 Å². The van der Waals surface area contributed by atoms with Gasteiger partial charge in [0, 0.05) is 13.0 Å². The highest BCUT2D eigenvalue weighted by molar-refractivity contribution is 4.62. The van der Waals surface area contributed by atoms with Crippen LogP contribution in [0.5, 0.6) is 0 Å². The first kappa shape index (κ1) is 4.09. The first-order valence-electron chi connectivity index (χ1n) is 2.34. The molecule has 0 unspecified atom stereocenters. The average Bonchev–Trinajstić information content (AvgIpc) is 1.31. The molecule has 36 valence electrons. The number of hydrogen-bond donors (Lipinski definition) is 1. The van der Waals surface area contributed by atoms with Gasteiger partial charge in [-0.1, -0.05) is 0 Å². The summed E-state index contributed by atoms with van der Waals surface area (Å²) in [6.07, 6.45) is 1.73. The summed E-state index contributed by atoms with van der Waals surface area (Å²) in [5.41, 5.74) is 3.68. The normalized spacial score (nSPS) is 32.5. The van der Waals surface area contributed by atoms with E-state index in [4.69, 9.17) is 4.74 Å². The molecule has 1 saturated heterocycles. The molecule has 0 saturated carbocycles. The second kappa shape index (κ2) is 1.58. The Morgan fingerprint density at radius 1 is 1.83 bits per heavy atom. The van der Waals surface area contributed by atoms with Crippen molar-refractivity contribution in [2.24, 2.45) is 0 Å². The molecule has 3 N–H and O–H groups in total. The van der Waals surface area contributed by atoms with E-state index < -0.39 is 0 Å². The van der Waals surface area contributed by atoms with Crippen LogP contribution in [-0.2, 0) is 4.74 Å². The third kappa shape index (κ3) is 0.533. The highest BCUT2D eigenvalue weighted by Crippen LogP contribution is 2.06. The lowest BCUT2D eigenvalue weighted by Crippen LogP contribution is -2.58. The Bertz CT molecular complexity index is 40.1. The highest BCUT2D eigenvalue weighted by atomic mass is 16.5. The predicted molar refractivity (Wildman–Crippen MR) is 22.1 cm³/mol. The van der Waals surface area contributed by atoms with Crippen molar-refractivity contribution < 1.29 is 10.5 Å². The van der Waals surface area contributed by atoms with E-state index in [2.05, 4.69) is 5.73 Å². The van der Waals surface area contributed by atoms with E-state index in [-0.39, 0.29) is 0 Å². The fourth-order valence-electron chi connectivity index (χ4n) is 0.512. The molecule has 1 atom stereocenters. The van der Waals surface area contributed by atoms with Crippen LogP contribution in [0.1, 0.15) is 6.42 Å². The minimum Gasteiger partial charge on any atom is -0.372 e. The van der Waals surface area contributed by atoms with Gasteiger partial charge in [0.2, 0.25) is 0 Å². The summed E-state index contributed by atoms with van der Waals surface area (Å²) in [4.78, 5) is 0. The van der Waals surface area contributed by atoms with Crippen LogP contribution in [0.3, 0.4) is 0 Å². The minimum atomic E-state index is 0.505. The van der Waals surface area contributed by atoms with Crippen molar-refractivity contribution >= 4 is 0 Å². The van der Waals surface area contributed by atoms with Crippen molar-refractivity contribution in [3.63, 3.8) is 0 Å². The molecule has 2 nitrogen and oxygen atoms in total. The third-order valence-electron chi connectivity index (χ3n) is 1.12. The van der Waals surface area contributed by atoms with Crippen LogP contribution < -0.4 is 5.73 Å². The molecule has 0 bridgehead atoms. The average molecular weight is 88.1 g/mol. The summed E-state index contributed by atoms with van der Waals surface area (Å²) in [5.74, 6) is 0. The van der Waals surface area contributed by atoms with E-state index in [1.165, 1.54) is 6.42 Å². The van der Waals surface area contributed by atoms with Gasteiger partial charge in [0.25, 0.3) is 0 Å². The van der Waals surface area contributed by atoms with Crippen LogP contribution in [0.2, 0.25) is 0 Å². The Morgan fingerprint density at radius 2 is 2.50 bits per heavy atom. The van der Waals surface area contributed by atoms with E-state index in [9.17, 15) is 0 Å². The fraction of sp³-hybridized carbons (Fsp3) is 1.00. The van der Waals surface area contributed by atoms with Crippen molar-refractivity contribution in [3.05, 3.63) is 0 Å². The largest absolute Gasteiger partial charge is 0.372 e. The molecule has 0 amide bonds. The van der Waals surface area contributed by atoms with Gasteiger partial charge >= 0.3 is 0 Å². The first-order chi connectivity index (χ1) is 2.93. The summed E-state index contributed by atoms with van der Waals surface area (Å²) >= 11 is 0. The molecule has 1 aliphatic rings. The standard InChI is InChI=1S/C4H9NO/c5-3-4-1-2-6-4/h4H,1-3,5H2/p+1/t4-/m1/s1. The zero-order valence-electron chi connectivity index (χ0n) is 3.81. The number of hydrogen-bond acceptors (Lipinski definition) is 1. The van der Waals surface area contributed by atoms with Gasteiger partial charge in [0.05, 0.1) is 0 Å². The van der Waals surface area contributed by atoms with Crippen molar-refractivity contribution in [2.75, 3.05) is 13.2 Å². The van der Waals surface area contributed by atoms with Gasteiger partial charge in [-0.15, -0.1) is 0 Å². The Balaban J connectivity index is 2.01. The first-order valence-corrected chi connectivity index (χ1v) is 2.34. The number of ether oxygens (including phenoxy) is 1. The smallest absolute Gasteiger partial charge is 0.108 e. The summed E-state index contributed by atoms with van der Waals surface area (Å²) in [7, 11) is 0. The highest BCUT2D eigenvalue weighted by Gasteiger charge is 2.16. The van der Waals surface area contributed by atoms with Crippen molar-refractivity contribution in [2.45, 2.75) is 12.5 Å². The molecule has 0 aromatic carbocycles. The lowest BCUT2D eigenvalue weighted by atomic mass is 10.2. The Morgan fingerprint density at radius 3 is 2.50 bits per heavy atom. The summed E-state index contributed by atoms with van der Waals surface area (Å²) < 4.78 is 5.02. The molecule has 0 radical (unpaired) electrons. The van der Waals surface area contributed by atoms with Gasteiger partial charge in [-0.3, -0.25) is 0 Å². The molecule has 0 aromatic rings. The molecule has 1 rings (SSSR count). The summed E-state index contributed by atoms with van der Waals surface area (Å²) in [6.45, 7) is 1.90. The predicted octanol–water partition coefficient (Wildman–Crippen LogP) is -0.983. The maximum atomic E-state index is 5.02. The molecule has 1 heterocycles. The quantitative estimate of drug-likeness (QED) is 0.439. The van der Waals surface area contributed by atoms with Gasteiger partial charge in [0.15, 0.2) is 0 Å². The lowest BCUT2D eigenvalue weighted by molar-refractivity contribution is -0.395. The van der Waals surface area contributed by atoms with Crippen LogP contribution in [0, 0.1) is 0 Å². The van der Waals surface area contributed by atoms with E-state index in [0.717, 1.165) is 13.2 Å². The monoisotopic (exact) mass is 88.1 g/mol. The molecular weight excluding hydrogens is 78.0 g/mol.